The lowest BCUT2D eigenvalue weighted by Gasteiger charge is -2.31. The standard InChI is InChI=1S/C33H29N3O7/c1-2-33(39)25-14-27-30-23(16-36(27)31(37)24(25)17-41-32(33)38)21(22-13-28-29(43-18-42-28)15-26(22)34-30)8-5-19-3-6-20(7-4-19)35-9-11-40-12-10-35/h3-8,13-15,39H,2,9-12,16-18H2,1H3/b8-5+/t33-/m0/s1. The second kappa shape index (κ2) is 9.68. The Morgan fingerprint density at radius 3 is 2.51 bits per heavy atom. The number of morpholine rings is 1. The number of aromatic nitrogens is 2. The van der Waals surface area contributed by atoms with Crippen LogP contribution in [0.15, 0.2) is 47.3 Å². The van der Waals surface area contributed by atoms with E-state index in [9.17, 15) is 14.7 Å². The minimum atomic E-state index is -1.88. The zero-order valence-electron chi connectivity index (χ0n) is 23.6. The number of anilines is 1. The number of carbonyl (C=O) groups is 1. The molecule has 2 aromatic carbocycles. The first-order valence-corrected chi connectivity index (χ1v) is 14.5. The molecule has 43 heavy (non-hydrogen) atoms. The Hall–Kier alpha value is -4.67. The van der Waals surface area contributed by atoms with Gasteiger partial charge in [0.15, 0.2) is 17.1 Å². The Morgan fingerprint density at radius 2 is 1.74 bits per heavy atom. The van der Waals surface area contributed by atoms with Crippen LogP contribution in [-0.2, 0) is 33.0 Å². The highest BCUT2D eigenvalue weighted by atomic mass is 16.7. The Balaban J connectivity index is 1.27. The molecule has 0 unspecified atom stereocenters. The average Bonchev–Trinajstić information content (AvgIpc) is 3.65. The number of cyclic esters (lactones) is 1. The Kier molecular flexibility index (Phi) is 5.85. The van der Waals surface area contributed by atoms with E-state index in [2.05, 4.69) is 41.3 Å². The minimum absolute atomic E-state index is 0.0848. The Bertz CT molecular complexity index is 1910. The first-order valence-electron chi connectivity index (χ1n) is 14.5. The smallest absolute Gasteiger partial charge is 0.343 e. The van der Waals surface area contributed by atoms with Gasteiger partial charge in [-0.3, -0.25) is 4.79 Å². The Labute approximate surface area is 246 Å². The van der Waals surface area contributed by atoms with E-state index in [1.54, 1.807) is 17.6 Å². The summed E-state index contributed by atoms with van der Waals surface area (Å²) in [4.78, 5) is 33.7. The maximum atomic E-state index is 13.8. The predicted octanol–water partition coefficient (Wildman–Crippen LogP) is 3.82. The highest BCUT2D eigenvalue weighted by Crippen LogP contribution is 2.43. The fraction of sp³-hybridized carbons (Fsp3) is 0.303. The summed E-state index contributed by atoms with van der Waals surface area (Å²) in [5.74, 6) is 0.510. The van der Waals surface area contributed by atoms with Gasteiger partial charge < -0.3 is 33.5 Å². The van der Waals surface area contributed by atoms with Crippen molar-refractivity contribution < 1.29 is 28.8 Å². The molecule has 0 radical (unpaired) electrons. The van der Waals surface area contributed by atoms with Gasteiger partial charge in [0.25, 0.3) is 5.56 Å². The van der Waals surface area contributed by atoms with E-state index in [4.69, 9.17) is 23.9 Å². The molecule has 2 aromatic heterocycles. The van der Waals surface area contributed by atoms with Crippen molar-refractivity contribution in [1.29, 1.82) is 0 Å². The van der Waals surface area contributed by atoms with E-state index in [1.807, 2.05) is 12.1 Å². The van der Waals surface area contributed by atoms with Crippen LogP contribution in [0, 0.1) is 0 Å². The molecule has 1 atom stereocenters. The third-order valence-corrected chi connectivity index (χ3v) is 8.94. The summed E-state index contributed by atoms with van der Waals surface area (Å²) in [5, 5.41) is 12.1. The summed E-state index contributed by atoms with van der Waals surface area (Å²) < 4.78 is 23.7. The van der Waals surface area contributed by atoms with Crippen molar-refractivity contribution >= 4 is 34.7 Å². The molecular formula is C33H29N3O7. The molecule has 218 valence electrons. The van der Waals surface area contributed by atoms with Crippen molar-refractivity contribution in [1.82, 2.24) is 9.55 Å². The molecule has 6 heterocycles. The van der Waals surface area contributed by atoms with Crippen LogP contribution in [0.1, 0.15) is 41.2 Å². The van der Waals surface area contributed by atoms with Crippen molar-refractivity contribution in [3.8, 4) is 22.9 Å². The summed E-state index contributed by atoms with van der Waals surface area (Å²) >= 11 is 0. The fourth-order valence-electron chi connectivity index (χ4n) is 6.49. The molecule has 4 aliphatic rings. The van der Waals surface area contributed by atoms with Crippen molar-refractivity contribution in [2.45, 2.75) is 32.1 Å². The molecule has 0 aliphatic carbocycles. The molecule has 0 saturated carbocycles. The SMILES string of the molecule is CC[C@@]1(O)C(=O)OCc2c1cc1n(c2=O)Cc2c-1nc1cc3c(cc1c2/C=C/c1ccc(N2CCOCC2)cc1)OCO3. The molecule has 0 amide bonds. The molecule has 4 aromatic rings. The number of esters is 1. The van der Waals surface area contributed by atoms with Crippen LogP contribution < -0.4 is 19.9 Å². The number of ether oxygens (including phenoxy) is 4. The second-order valence-corrected chi connectivity index (χ2v) is 11.2. The highest BCUT2D eigenvalue weighted by Gasteiger charge is 2.45. The maximum Gasteiger partial charge on any atom is 0.343 e. The number of aliphatic hydroxyl groups is 1. The molecule has 0 spiro atoms. The zero-order chi connectivity index (χ0) is 29.3. The molecule has 4 aliphatic heterocycles. The van der Waals surface area contributed by atoms with Crippen LogP contribution in [0.25, 0.3) is 34.4 Å². The normalized spacial score (nSPS) is 20.3. The van der Waals surface area contributed by atoms with Gasteiger partial charge in [0.05, 0.1) is 42.2 Å². The molecule has 1 saturated heterocycles. The van der Waals surface area contributed by atoms with Crippen molar-refractivity contribution in [3.63, 3.8) is 0 Å². The number of nitrogens with zero attached hydrogens (tertiary/aromatic N) is 3. The maximum absolute atomic E-state index is 13.8. The van der Waals surface area contributed by atoms with E-state index in [1.165, 1.54) is 0 Å². The summed E-state index contributed by atoms with van der Waals surface area (Å²) in [7, 11) is 0. The van der Waals surface area contributed by atoms with Crippen LogP contribution in [0.4, 0.5) is 5.69 Å². The van der Waals surface area contributed by atoms with Crippen molar-refractivity contribution in [2.24, 2.45) is 0 Å². The molecule has 0 bridgehead atoms. The molecule has 10 nitrogen and oxygen atoms in total. The van der Waals surface area contributed by atoms with Crippen LogP contribution in [-0.4, -0.2) is 53.7 Å². The second-order valence-electron chi connectivity index (χ2n) is 11.2. The first kappa shape index (κ1) is 26.0. The number of benzene rings is 2. The third kappa shape index (κ3) is 3.97. The number of carbonyl (C=O) groups excluding carboxylic acids is 1. The van der Waals surface area contributed by atoms with Gasteiger partial charge in [-0.05, 0) is 41.8 Å². The molecular weight excluding hydrogens is 550 g/mol. The van der Waals surface area contributed by atoms with Crippen LogP contribution >= 0.6 is 0 Å². The quantitative estimate of drug-likeness (QED) is 0.318. The average molecular weight is 580 g/mol. The van der Waals surface area contributed by atoms with E-state index >= 15 is 0 Å². The zero-order valence-corrected chi connectivity index (χ0v) is 23.6. The molecule has 1 fully saturated rings. The lowest BCUT2D eigenvalue weighted by Crippen LogP contribution is -2.44. The van der Waals surface area contributed by atoms with Gasteiger partial charge in [0.2, 0.25) is 6.79 Å². The number of hydrogen-bond acceptors (Lipinski definition) is 9. The van der Waals surface area contributed by atoms with Crippen LogP contribution in [0.5, 0.6) is 11.5 Å². The topological polar surface area (TPSA) is 112 Å². The predicted molar refractivity (Wildman–Crippen MR) is 159 cm³/mol. The van der Waals surface area contributed by atoms with E-state index < -0.39 is 11.6 Å². The van der Waals surface area contributed by atoms with E-state index in [0.29, 0.717) is 46.1 Å². The lowest BCUT2D eigenvalue weighted by atomic mass is 9.86. The summed E-state index contributed by atoms with van der Waals surface area (Å²) in [6, 6.07) is 13.9. The number of fused-ring (bicyclic) bond motifs is 6. The van der Waals surface area contributed by atoms with Crippen molar-refractivity contribution in [2.75, 3.05) is 38.0 Å². The largest absolute Gasteiger partial charge is 0.458 e. The number of hydrogen-bond donors (Lipinski definition) is 1. The summed E-state index contributed by atoms with van der Waals surface area (Å²) in [5.41, 5.74) is 4.27. The molecule has 10 heteroatoms. The number of pyridine rings is 2. The first-order chi connectivity index (χ1) is 20.9. The number of rotatable bonds is 4. The minimum Gasteiger partial charge on any atom is -0.458 e. The van der Waals surface area contributed by atoms with Gasteiger partial charge >= 0.3 is 5.97 Å². The van der Waals surface area contributed by atoms with Crippen LogP contribution in [0.2, 0.25) is 0 Å². The van der Waals surface area contributed by atoms with Gasteiger partial charge in [-0.25, -0.2) is 9.78 Å². The molecule has 8 rings (SSSR count). The highest BCUT2D eigenvalue weighted by molar-refractivity contribution is 5.97. The third-order valence-electron chi connectivity index (χ3n) is 8.94. The van der Waals surface area contributed by atoms with Gasteiger partial charge in [0.1, 0.15) is 6.61 Å². The van der Waals surface area contributed by atoms with E-state index in [0.717, 1.165) is 54.1 Å². The monoisotopic (exact) mass is 579 g/mol. The van der Waals surface area contributed by atoms with E-state index in [-0.39, 0.29) is 25.4 Å². The fourth-order valence-corrected chi connectivity index (χ4v) is 6.49. The van der Waals surface area contributed by atoms with Crippen LogP contribution in [0.3, 0.4) is 0 Å². The van der Waals surface area contributed by atoms with Gasteiger partial charge in [-0.2, -0.15) is 0 Å². The molecule has 1 N–H and O–H groups in total. The van der Waals surface area contributed by atoms with Gasteiger partial charge in [-0.1, -0.05) is 31.2 Å². The summed E-state index contributed by atoms with van der Waals surface area (Å²) in [6.45, 7) is 5.17. The summed E-state index contributed by atoms with van der Waals surface area (Å²) in [6.07, 6.45) is 4.20. The van der Waals surface area contributed by atoms with Gasteiger partial charge in [-0.15, -0.1) is 0 Å². The van der Waals surface area contributed by atoms with Crippen molar-refractivity contribution in [3.05, 3.63) is 80.6 Å². The lowest BCUT2D eigenvalue weighted by molar-refractivity contribution is -0.172. The van der Waals surface area contributed by atoms with Gasteiger partial charge in [0, 0.05) is 41.4 Å². The Morgan fingerprint density at radius 1 is 0.977 bits per heavy atom.